The number of aromatic nitrogens is 2. The fraction of sp³-hybridized carbons (Fsp3) is 0.500. The Labute approximate surface area is 66.0 Å². The van der Waals surface area contributed by atoms with Gasteiger partial charge < -0.3 is 0 Å². The summed E-state index contributed by atoms with van der Waals surface area (Å²) in [5, 5.41) is 14.9. The first-order valence-corrected chi connectivity index (χ1v) is 3.42. The summed E-state index contributed by atoms with van der Waals surface area (Å²) in [6.07, 6.45) is 2.77. The van der Waals surface area contributed by atoms with Gasteiger partial charge >= 0.3 is 0 Å². The Hall–Kier alpha value is -1.30. The van der Waals surface area contributed by atoms with E-state index in [2.05, 4.69) is 16.4 Å². The van der Waals surface area contributed by atoms with Crippen LogP contribution in [0.4, 0.5) is 0 Å². The third-order valence-corrected chi connectivity index (χ3v) is 1.45. The molecule has 3 nitrogen and oxygen atoms in total. The molecule has 0 bridgehead atoms. The number of aromatic amines is 1. The fourth-order valence-corrected chi connectivity index (χ4v) is 0.875. The van der Waals surface area contributed by atoms with Gasteiger partial charge in [-0.25, -0.2) is 0 Å². The Bertz CT molecular complexity index is 285. The first-order valence-electron chi connectivity index (χ1n) is 3.42. The maximum Gasteiger partial charge on any atom is 0.139 e. The molecule has 0 spiro atoms. The fourth-order valence-electron chi connectivity index (χ4n) is 0.875. The van der Waals surface area contributed by atoms with Gasteiger partial charge in [-0.05, 0) is 5.41 Å². The van der Waals surface area contributed by atoms with E-state index in [0.717, 1.165) is 5.56 Å². The lowest BCUT2D eigenvalue weighted by Gasteiger charge is -2.15. The van der Waals surface area contributed by atoms with Gasteiger partial charge in [0.1, 0.15) is 18.0 Å². The maximum absolute atomic E-state index is 8.63. The molecule has 0 aliphatic heterocycles. The number of nitrogens with zero attached hydrogens (tertiary/aromatic N) is 2. The minimum Gasteiger partial charge on any atom is -0.267 e. The van der Waals surface area contributed by atoms with E-state index in [4.69, 9.17) is 5.26 Å². The Kier molecular flexibility index (Phi) is 1.69. The van der Waals surface area contributed by atoms with Crippen LogP contribution in [0.25, 0.3) is 0 Å². The predicted octanol–water partition coefficient (Wildman–Crippen LogP) is 1.38. The summed E-state index contributed by atoms with van der Waals surface area (Å²) in [6.45, 7) is 6.07. The Balaban J connectivity index is 3.15. The standard InChI is InChI=1S/C8H10N3/c1-8(2,3)6-5-10-11-7(6)4-9/h1-3H3,(H,10,11). The second-order valence-electron chi connectivity index (χ2n) is 3.45. The van der Waals surface area contributed by atoms with Gasteiger partial charge in [0.05, 0.1) is 0 Å². The molecule has 0 unspecified atom stereocenters. The van der Waals surface area contributed by atoms with Crippen LogP contribution in [0.5, 0.6) is 0 Å². The van der Waals surface area contributed by atoms with Crippen molar-refractivity contribution in [3.63, 3.8) is 0 Å². The van der Waals surface area contributed by atoms with E-state index in [9.17, 15) is 0 Å². The number of hydrogen-bond donors (Lipinski definition) is 1. The highest BCUT2D eigenvalue weighted by atomic mass is 15.1. The summed E-state index contributed by atoms with van der Waals surface area (Å²) in [6, 6.07) is 2.03. The summed E-state index contributed by atoms with van der Waals surface area (Å²) in [5.74, 6) is 0. The average molecular weight is 148 g/mol. The minimum atomic E-state index is -0.0575. The first-order chi connectivity index (χ1) is 5.05. The molecule has 1 radical (unpaired) electrons. The zero-order valence-corrected chi connectivity index (χ0v) is 6.89. The van der Waals surface area contributed by atoms with Gasteiger partial charge in [0.25, 0.3) is 0 Å². The van der Waals surface area contributed by atoms with Crippen molar-refractivity contribution in [1.29, 1.82) is 5.26 Å². The lowest BCUT2D eigenvalue weighted by Crippen LogP contribution is -2.11. The summed E-state index contributed by atoms with van der Waals surface area (Å²) in [4.78, 5) is 0. The first kappa shape index (κ1) is 7.80. The van der Waals surface area contributed by atoms with Crippen molar-refractivity contribution in [3.8, 4) is 6.07 Å². The number of rotatable bonds is 0. The molecule has 1 aromatic rings. The number of H-pyrrole nitrogens is 1. The van der Waals surface area contributed by atoms with E-state index in [0.29, 0.717) is 5.69 Å². The van der Waals surface area contributed by atoms with E-state index in [1.165, 1.54) is 0 Å². The molecule has 0 saturated heterocycles. The topological polar surface area (TPSA) is 52.5 Å². The lowest BCUT2D eigenvalue weighted by molar-refractivity contribution is 0.588. The summed E-state index contributed by atoms with van der Waals surface area (Å²) in [7, 11) is 0. The van der Waals surface area contributed by atoms with Crippen molar-refractivity contribution in [2.45, 2.75) is 26.2 Å². The van der Waals surface area contributed by atoms with Gasteiger partial charge in [-0.15, -0.1) is 0 Å². The largest absolute Gasteiger partial charge is 0.267 e. The molecule has 3 heteroatoms. The molecule has 11 heavy (non-hydrogen) atoms. The summed E-state index contributed by atoms with van der Waals surface area (Å²) >= 11 is 0. The van der Waals surface area contributed by atoms with Crippen molar-refractivity contribution in [2.24, 2.45) is 0 Å². The number of nitriles is 1. The monoisotopic (exact) mass is 148 g/mol. The van der Waals surface area contributed by atoms with Crippen molar-refractivity contribution < 1.29 is 0 Å². The molecule has 1 rings (SSSR count). The Morgan fingerprint density at radius 3 is 2.55 bits per heavy atom. The van der Waals surface area contributed by atoms with E-state index < -0.39 is 0 Å². The highest BCUT2D eigenvalue weighted by molar-refractivity contribution is 5.32. The van der Waals surface area contributed by atoms with Crippen LogP contribution in [0.1, 0.15) is 32.0 Å². The van der Waals surface area contributed by atoms with Crippen molar-refractivity contribution in [2.75, 3.05) is 0 Å². The molecule has 0 fully saturated rings. The van der Waals surface area contributed by atoms with E-state index >= 15 is 0 Å². The zero-order chi connectivity index (χ0) is 8.48. The van der Waals surface area contributed by atoms with Gasteiger partial charge in [0.15, 0.2) is 0 Å². The second kappa shape index (κ2) is 2.39. The maximum atomic E-state index is 8.63. The van der Waals surface area contributed by atoms with Crippen LogP contribution < -0.4 is 0 Å². The molecule has 1 heterocycles. The third kappa shape index (κ3) is 1.40. The van der Waals surface area contributed by atoms with Gasteiger partial charge in [-0.1, -0.05) is 20.8 Å². The van der Waals surface area contributed by atoms with Crippen molar-refractivity contribution in [1.82, 2.24) is 10.2 Å². The molecule has 0 saturated carbocycles. The van der Waals surface area contributed by atoms with Crippen LogP contribution in [-0.2, 0) is 5.41 Å². The number of hydrogen-bond acceptors (Lipinski definition) is 2. The zero-order valence-electron chi connectivity index (χ0n) is 6.89. The molecule has 0 aliphatic rings. The normalized spacial score (nSPS) is 11.1. The molecule has 0 atom stereocenters. The average Bonchev–Trinajstić information content (AvgIpc) is 2.31. The quantitative estimate of drug-likeness (QED) is 0.604. The van der Waals surface area contributed by atoms with Gasteiger partial charge in [0.2, 0.25) is 0 Å². The van der Waals surface area contributed by atoms with E-state index in [-0.39, 0.29) is 5.41 Å². The van der Waals surface area contributed by atoms with Gasteiger partial charge in [-0.3, -0.25) is 5.10 Å². The van der Waals surface area contributed by atoms with Gasteiger partial charge in [0, 0.05) is 5.56 Å². The molecular weight excluding hydrogens is 138 g/mol. The molecular formula is C8H10N3. The third-order valence-electron chi connectivity index (χ3n) is 1.45. The Morgan fingerprint density at radius 1 is 1.55 bits per heavy atom. The van der Waals surface area contributed by atoms with Crippen LogP contribution in [0, 0.1) is 17.5 Å². The van der Waals surface area contributed by atoms with Gasteiger partial charge in [-0.2, -0.15) is 10.4 Å². The predicted molar refractivity (Wildman–Crippen MR) is 40.8 cm³/mol. The molecule has 0 aromatic carbocycles. The SMILES string of the molecule is CC(C)(C)c1[c]n[nH]c1C#N. The highest BCUT2D eigenvalue weighted by Crippen LogP contribution is 2.22. The highest BCUT2D eigenvalue weighted by Gasteiger charge is 2.19. The van der Waals surface area contributed by atoms with E-state index in [1.54, 1.807) is 0 Å². The van der Waals surface area contributed by atoms with Crippen LogP contribution >= 0.6 is 0 Å². The molecule has 57 valence electrons. The lowest BCUT2D eigenvalue weighted by atomic mass is 9.88. The second-order valence-corrected chi connectivity index (χ2v) is 3.45. The Morgan fingerprint density at radius 2 is 2.18 bits per heavy atom. The molecule has 0 amide bonds. The van der Waals surface area contributed by atoms with Crippen LogP contribution in [0.2, 0.25) is 0 Å². The van der Waals surface area contributed by atoms with Crippen LogP contribution in [0.15, 0.2) is 0 Å². The molecule has 0 aliphatic carbocycles. The van der Waals surface area contributed by atoms with Crippen LogP contribution in [0.3, 0.4) is 0 Å². The minimum absolute atomic E-state index is 0.0575. The molecule has 1 aromatic heterocycles. The summed E-state index contributed by atoms with van der Waals surface area (Å²) < 4.78 is 0. The van der Waals surface area contributed by atoms with Crippen molar-refractivity contribution >= 4 is 0 Å². The molecule has 1 N–H and O–H groups in total. The van der Waals surface area contributed by atoms with Crippen LogP contribution in [-0.4, -0.2) is 10.2 Å². The smallest absolute Gasteiger partial charge is 0.139 e. The summed E-state index contributed by atoms with van der Waals surface area (Å²) in [5.41, 5.74) is 1.30. The number of nitrogens with one attached hydrogen (secondary N) is 1. The van der Waals surface area contributed by atoms with Crippen molar-refractivity contribution in [3.05, 3.63) is 17.5 Å². The van der Waals surface area contributed by atoms with E-state index in [1.807, 2.05) is 26.8 Å².